The molecule has 1 heterocycles. The lowest BCUT2D eigenvalue weighted by atomic mass is 9.90. The van der Waals surface area contributed by atoms with Crippen molar-refractivity contribution in [3.8, 4) is 0 Å². The molecule has 4 nitrogen and oxygen atoms in total. The van der Waals surface area contributed by atoms with E-state index in [0.29, 0.717) is 12.5 Å². The van der Waals surface area contributed by atoms with Crippen molar-refractivity contribution < 1.29 is 9.59 Å². The van der Waals surface area contributed by atoms with E-state index in [1.54, 1.807) is 4.90 Å². The topological polar surface area (TPSA) is 49.4 Å². The van der Waals surface area contributed by atoms with E-state index in [-0.39, 0.29) is 17.9 Å². The van der Waals surface area contributed by atoms with Crippen molar-refractivity contribution >= 4 is 11.8 Å². The second-order valence-corrected chi connectivity index (χ2v) is 6.14. The second-order valence-electron chi connectivity index (χ2n) is 6.14. The number of nitrogens with zero attached hydrogens (tertiary/aromatic N) is 1. The van der Waals surface area contributed by atoms with Crippen LogP contribution in [0.3, 0.4) is 0 Å². The van der Waals surface area contributed by atoms with Gasteiger partial charge in [0.25, 0.3) is 0 Å². The number of carbonyl (C=O) groups is 2. The second kappa shape index (κ2) is 4.90. The Balaban J connectivity index is 2.15. The van der Waals surface area contributed by atoms with Crippen molar-refractivity contribution in [2.45, 2.75) is 64.5 Å². The maximum atomic E-state index is 12.6. The molecule has 2 fully saturated rings. The fraction of sp³-hybridized carbons (Fsp3) is 0.857. The highest BCUT2D eigenvalue weighted by Crippen LogP contribution is 2.34. The van der Waals surface area contributed by atoms with Gasteiger partial charge < -0.3 is 10.2 Å². The van der Waals surface area contributed by atoms with E-state index in [2.05, 4.69) is 19.2 Å². The van der Waals surface area contributed by atoms with Gasteiger partial charge in [-0.05, 0) is 32.1 Å². The molecule has 1 spiro atoms. The molecule has 2 amide bonds. The normalized spacial score (nSPS) is 27.1. The van der Waals surface area contributed by atoms with E-state index < -0.39 is 5.54 Å². The van der Waals surface area contributed by atoms with Crippen LogP contribution in [0.25, 0.3) is 0 Å². The molecule has 2 aliphatic rings. The van der Waals surface area contributed by atoms with E-state index in [4.69, 9.17) is 0 Å². The summed E-state index contributed by atoms with van der Waals surface area (Å²) in [6.07, 6.45) is 4.65. The van der Waals surface area contributed by atoms with Crippen molar-refractivity contribution in [2.75, 3.05) is 6.54 Å². The van der Waals surface area contributed by atoms with Crippen molar-refractivity contribution in [3.63, 3.8) is 0 Å². The predicted molar refractivity (Wildman–Crippen MR) is 70.0 cm³/mol. The summed E-state index contributed by atoms with van der Waals surface area (Å²) < 4.78 is 0. The Hall–Kier alpha value is -1.06. The first-order chi connectivity index (χ1) is 8.46. The Morgan fingerprint density at radius 1 is 1.33 bits per heavy atom. The van der Waals surface area contributed by atoms with Gasteiger partial charge in [0.1, 0.15) is 11.6 Å². The first-order valence-corrected chi connectivity index (χ1v) is 7.09. The molecule has 1 saturated heterocycles. The zero-order chi connectivity index (χ0) is 13.3. The zero-order valence-electron chi connectivity index (χ0n) is 11.7. The van der Waals surface area contributed by atoms with Gasteiger partial charge >= 0.3 is 0 Å². The van der Waals surface area contributed by atoms with Crippen LogP contribution >= 0.6 is 0 Å². The maximum absolute atomic E-state index is 12.6. The summed E-state index contributed by atoms with van der Waals surface area (Å²) in [6, 6.07) is -0.317. The number of piperazine rings is 1. The fourth-order valence-corrected chi connectivity index (χ4v) is 3.00. The average Bonchev–Trinajstić information content (AvgIpc) is 2.76. The van der Waals surface area contributed by atoms with Crippen LogP contribution in [0.5, 0.6) is 0 Å². The van der Waals surface area contributed by atoms with Crippen LogP contribution in [-0.2, 0) is 9.59 Å². The summed E-state index contributed by atoms with van der Waals surface area (Å²) in [6.45, 7) is 6.82. The lowest BCUT2D eigenvalue weighted by molar-refractivity contribution is -0.154. The molecule has 1 N–H and O–H groups in total. The van der Waals surface area contributed by atoms with Gasteiger partial charge in [-0.3, -0.25) is 9.59 Å². The number of hydrogen-bond acceptors (Lipinski definition) is 2. The van der Waals surface area contributed by atoms with E-state index in [0.717, 1.165) is 32.1 Å². The van der Waals surface area contributed by atoms with Gasteiger partial charge in [0, 0.05) is 6.54 Å². The van der Waals surface area contributed by atoms with Crippen LogP contribution in [-0.4, -0.2) is 34.8 Å². The van der Waals surface area contributed by atoms with Gasteiger partial charge in [-0.15, -0.1) is 0 Å². The Labute approximate surface area is 109 Å². The molecular formula is C14H24N2O2. The third-order valence-corrected chi connectivity index (χ3v) is 4.28. The standard InChI is InChI=1S/C14H24N2O2/c1-10(2)6-9-16-11(3)12(17)15-14(13(16)18)7-4-5-8-14/h10-11H,4-9H2,1-3H3,(H,15,17). The number of carbonyl (C=O) groups excluding carboxylic acids is 2. The largest absolute Gasteiger partial charge is 0.340 e. The number of nitrogens with one attached hydrogen (secondary N) is 1. The van der Waals surface area contributed by atoms with Crippen molar-refractivity contribution in [2.24, 2.45) is 5.92 Å². The quantitative estimate of drug-likeness (QED) is 0.831. The molecule has 0 radical (unpaired) electrons. The predicted octanol–water partition coefficient (Wildman–Crippen LogP) is 1.69. The van der Waals surface area contributed by atoms with Crippen LogP contribution in [0.4, 0.5) is 0 Å². The molecule has 1 saturated carbocycles. The van der Waals surface area contributed by atoms with E-state index >= 15 is 0 Å². The molecule has 1 aliphatic carbocycles. The summed E-state index contributed by atoms with van der Waals surface area (Å²) in [7, 11) is 0. The molecule has 0 aromatic heterocycles. The Morgan fingerprint density at radius 2 is 1.94 bits per heavy atom. The maximum Gasteiger partial charge on any atom is 0.248 e. The van der Waals surface area contributed by atoms with Crippen LogP contribution in [0.1, 0.15) is 52.9 Å². The number of amides is 2. The highest BCUT2D eigenvalue weighted by Gasteiger charge is 2.50. The first-order valence-electron chi connectivity index (χ1n) is 7.09. The first kappa shape index (κ1) is 13.4. The van der Waals surface area contributed by atoms with Crippen LogP contribution in [0.2, 0.25) is 0 Å². The van der Waals surface area contributed by atoms with Crippen LogP contribution in [0.15, 0.2) is 0 Å². The van der Waals surface area contributed by atoms with Gasteiger partial charge in [0.15, 0.2) is 0 Å². The van der Waals surface area contributed by atoms with E-state index in [1.807, 2.05) is 6.92 Å². The Morgan fingerprint density at radius 3 is 2.50 bits per heavy atom. The van der Waals surface area contributed by atoms with E-state index in [9.17, 15) is 9.59 Å². The molecule has 0 aromatic carbocycles. The summed E-state index contributed by atoms with van der Waals surface area (Å²) in [5, 5.41) is 2.98. The Kier molecular flexibility index (Phi) is 3.64. The van der Waals surface area contributed by atoms with Crippen LogP contribution < -0.4 is 5.32 Å². The molecule has 2 rings (SSSR count). The number of rotatable bonds is 3. The minimum absolute atomic E-state index is 0.0141. The lowest BCUT2D eigenvalue weighted by Gasteiger charge is -2.43. The van der Waals surface area contributed by atoms with Crippen LogP contribution in [0, 0.1) is 5.92 Å². The van der Waals surface area contributed by atoms with Gasteiger partial charge in [-0.1, -0.05) is 26.7 Å². The van der Waals surface area contributed by atoms with Gasteiger partial charge in [-0.25, -0.2) is 0 Å². The molecule has 1 unspecified atom stereocenters. The summed E-state index contributed by atoms with van der Waals surface area (Å²) in [5.41, 5.74) is -0.569. The summed E-state index contributed by atoms with van der Waals surface area (Å²) >= 11 is 0. The minimum Gasteiger partial charge on any atom is -0.340 e. The molecule has 1 atom stereocenters. The molecular weight excluding hydrogens is 228 g/mol. The molecule has 4 heteroatoms. The highest BCUT2D eigenvalue weighted by molar-refractivity contribution is 5.99. The molecule has 0 aromatic rings. The lowest BCUT2D eigenvalue weighted by Crippen LogP contribution is -2.68. The van der Waals surface area contributed by atoms with Gasteiger partial charge in [0.2, 0.25) is 11.8 Å². The SMILES string of the molecule is CC(C)CCN1C(=O)C2(CCCC2)NC(=O)C1C. The fourth-order valence-electron chi connectivity index (χ4n) is 3.00. The molecule has 102 valence electrons. The molecule has 1 aliphatic heterocycles. The minimum atomic E-state index is -0.569. The molecule has 0 bridgehead atoms. The average molecular weight is 252 g/mol. The highest BCUT2D eigenvalue weighted by atomic mass is 16.2. The van der Waals surface area contributed by atoms with Crippen molar-refractivity contribution in [1.82, 2.24) is 10.2 Å². The smallest absolute Gasteiger partial charge is 0.248 e. The van der Waals surface area contributed by atoms with Crippen molar-refractivity contribution in [1.29, 1.82) is 0 Å². The van der Waals surface area contributed by atoms with Gasteiger partial charge in [0.05, 0.1) is 0 Å². The zero-order valence-corrected chi connectivity index (χ0v) is 11.7. The van der Waals surface area contributed by atoms with Crippen molar-refractivity contribution in [3.05, 3.63) is 0 Å². The third-order valence-electron chi connectivity index (χ3n) is 4.28. The summed E-state index contributed by atoms with van der Waals surface area (Å²) in [4.78, 5) is 26.5. The monoisotopic (exact) mass is 252 g/mol. The van der Waals surface area contributed by atoms with Gasteiger partial charge in [-0.2, -0.15) is 0 Å². The third kappa shape index (κ3) is 2.25. The molecule has 18 heavy (non-hydrogen) atoms. The van der Waals surface area contributed by atoms with E-state index in [1.165, 1.54) is 0 Å². The Bertz CT molecular complexity index is 346. The summed E-state index contributed by atoms with van der Waals surface area (Å²) in [5.74, 6) is 0.711. The number of hydrogen-bond donors (Lipinski definition) is 1.